The number of hydrogen-bond donors (Lipinski definition) is 2. The molecule has 1 aromatic rings. The van der Waals surface area contributed by atoms with Crippen molar-refractivity contribution in [1.82, 2.24) is 25.3 Å². The molecule has 22 heavy (non-hydrogen) atoms. The normalized spacial score (nSPS) is 17.5. The number of nitrogens with zero attached hydrogens (tertiary/aromatic N) is 3. The van der Waals surface area contributed by atoms with E-state index in [0.717, 1.165) is 12.1 Å². The molecule has 8 heteroatoms. The molecule has 2 N–H and O–H groups in total. The zero-order valence-corrected chi connectivity index (χ0v) is 13.0. The van der Waals surface area contributed by atoms with Gasteiger partial charge in [0.05, 0.1) is 12.3 Å². The fourth-order valence-electron chi connectivity index (χ4n) is 2.39. The van der Waals surface area contributed by atoms with Gasteiger partial charge in [0.25, 0.3) is 0 Å². The van der Waals surface area contributed by atoms with Crippen LogP contribution in [0.3, 0.4) is 0 Å². The average molecular weight is 309 g/mol. The average Bonchev–Trinajstić information content (AvgIpc) is 3.09. The summed E-state index contributed by atoms with van der Waals surface area (Å²) in [6, 6.07) is 1.76. The molecular formula is C14H23N5O3. The molecule has 1 aromatic heterocycles. The Morgan fingerprint density at radius 1 is 1.50 bits per heavy atom. The second-order valence-electron chi connectivity index (χ2n) is 5.27. The molecule has 2 heterocycles. The molecular weight excluding hydrogens is 286 g/mol. The number of hydrogen-bond acceptors (Lipinski definition) is 4. The van der Waals surface area contributed by atoms with Crippen molar-refractivity contribution >= 4 is 11.9 Å². The molecule has 0 bridgehead atoms. The summed E-state index contributed by atoms with van der Waals surface area (Å²) in [7, 11) is 1.83. The van der Waals surface area contributed by atoms with E-state index >= 15 is 0 Å². The number of amides is 3. The van der Waals surface area contributed by atoms with Crippen LogP contribution in [-0.4, -0.2) is 58.9 Å². The number of aromatic nitrogens is 2. The predicted octanol–water partition coefficient (Wildman–Crippen LogP) is -0.143. The van der Waals surface area contributed by atoms with Gasteiger partial charge in [-0.15, -0.1) is 0 Å². The van der Waals surface area contributed by atoms with Crippen LogP contribution in [0.1, 0.15) is 19.0 Å². The van der Waals surface area contributed by atoms with Crippen molar-refractivity contribution in [2.45, 2.75) is 26.0 Å². The highest BCUT2D eigenvalue weighted by atomic mass is 16.5. The lowest BCUT2D eigenvalue weighted by molar-refractivity contribution is -0.126. The first-order chi connectivity index (χ1) is 10.6. The molecule has 1 aliphatic rings. The van der Waals surface area contributed by atoms with E-state index in [4.69, 9.17) is 4.74 Å². The topological polar surface area (TPSA) is 88.5 Å². The number of rotatable bonds is 6. The van der Waals surface area contributed by atoms with Crippen LogP contribution in [0.25, 0.3) is 0 Å². The summed E-state index contributed by atoms with van der Waals surface area (Å²) in [5.41, 5.74) is 0.913. The summed E-state index contributed by atoms with van der Waals surface area (Å²) in [5, 5.41) is 9.68. The molecule has 3 amide bonds. The Morgan fingerprint density at radius 2 is 2.32 bits per heavy atom. The highest BCUT2D eigenvalue weighted by Gasteiger charge is 2.26. The van der Waals surface area contributed by atoms with Crippen LogP contribution in [-0.2, 0) is 23.2 Å². The van der Waals surface area contributed by atoms with Crippen LogP contribution in [0.15, 0.2) is 12.3 Å². The molecule has 0 radical (unpaired) electrons. The molecule has 1 saturated heterocycles. The lowest BCUT2D eigenvalue weighted by Crippen LogP contribution is -2.42. The number of urea groups is 1. The van der Waals surface area contributed by atoms with E-state index in [1.165, 1.54) is 0 Å². The van der Waals surface area contributed by atoms with Gasteiger partial charge in [-0.3, -0.25) is 9.48 Å². The minimum absolute atomic E-state index is 0.00281. The van der Waals surface area contributed by atoms with Gasteiger partial charge < -0.3 is 20.3 Å². The van der Waals surface area contributed by atoms with E-state index in [9.17, 15) is 9.59 Å². The first-order valence-electron chi connectivity index (χ1n) is 7.47. The van der Waals surface area contributed by atoms with Crippen LogP contribution in [0.2, 0.25) is 0 Å². The number of carbonyl (C=O) groups is 2. The van der Waals surface area contributed by atoms with Gasteiger partial charge in [0.2, 0.25) is 5.91 Å². The van der Waals surface area contributed by atoms with Gasteiger partial charge in [-0.05, 0) is 19.4 Å². The van der Waals surface area contributed by atoms with Crippen LogP contribution in [0.5, 0.6) is 0 Å². The Bertz CT molecular complexity index is 516. The lowest BCUT2D eigenvalue weighted by atomic mass is 10.2. The summed E-state index contributed by atoms with van der Waals surface area (Å²) in [6.45, 7) is 4.04. The molecule has 122 valence electrons. The van der Waals surface area contributed by atoms with Gasteiger partial charge in [-0.2, -0.15) is 5.10 Å². The van der Waals surface area contributed by atoms with E-state index in [1.807, 2.05) is 20.0 Å². The smallest absolute Gasteiger partial charge is 0.317 e. The molecule has 0 aliphatic carbocycles. The van der Waals surface area contributed by atoms with Crippen LogP contribution < -0.4 is 10.6 Å². The highest BCUT2D eigenvalue weighted by Crippen LogP contribution is 2.09. The third kappa shape index (κ3) is 4.45. The highest BCUT2D eigenvalue weighted by molar-refractivity contribution is 5.78. The summed E-state index contributed by atoms with van der Waals surface area (Å²) in [4.78, 5) is 25.2. The van der Waals surface area contributed by atoms with Crippen LogP contribution >= 0.6 is 0 Å². The van der Waals surface area contributed by atoms with E-state index in [2.05, 4.69) is 15.7 Å². The summed E-state index contributed by atoms with van der Waals surface area (Å²) in [6.07, 6.45) is 2.46. The fraction of sp³-hybridized carbons (Fsp3) is 0.643. The second-order valence-corrected chi connectivity index (χ2v) is 5.27. The number of ether oxygens (including phenoxy) is 1. The van der Waals surface area contributed by atoms with Crippen molar-refractivity contribution in [2.75, 3.05) is 26.2 Å². The zero-order chi connectivity index (χ0) is 15.9. The fourth-order valence-corrected chi connectivity index (χ4v) is 2.39. The number of carbonyl (C=O) groups excluding carboxylic acids is 2. The Balaban J connectivity index is 1.65. The number of nitrogens with one attached hydrogen (secondary N) is 2. The Kier molecular flexibility index (Phi) is 5.76. The molecule has 0 saturated carbocycles. The molecule has 8 nitrogen and oxygen atoms in total. The minimum Gasteiger partial charge on any atom is -0.365 e. The van der Waals surface area contributed by atoms with Crippen molar-refractivity contribution in [2.24, 2.45) is 7.05 Å². The van der Waals surface area contributed by atoms with Gasteiger partial charge in [0, 0.05) is 38.9 Å². The molecule has 2 rings (SSSR count). The molecule has 1 unspecified atom stereocenters. The standard InChI is InChI=1S/C14H23N5O3/c1-3-15-14(21)19-7-5-11(8-19)17-13(20)10-22-9-12-4-6-16-18(12)2/h4,6,11H,3,5,7-10H2,1-2H3,(H,15,21)(H,17,20). The molecule has 0 aromatic carbocycles. The van der Waals surface area contributed by atoms with E-state index in [-0.39, 0.29) is 24.6 Å². The summed E-state index contributed by atoms with van der Waals surface area (Å²) >= 11 is 0. The number of aryl methyl sites for hydroxylation is 1. The Labute approximate surface area is 129 Å². The van der Waals surface area contributed by atoms with E-state index < -0.39 is 0 Å². The largest absolute Gasteiger partial charge is 0.365 e. The predicted molar refractivity (Wildman–Crippen MR) is 80.1 cm³/mol. The van der Waals surface area contributed by atoms with Gasteiger partial charge in [0.15, 0.2) is 0 Å². The lowest BCUT2D eigenvalue weighted by Gasteiger charge is -2.17. The van der Waals surface area contributed by atoms with E-state index in [1.54, 1.807) is 15.8 Å². The second kappa shape index (κ2) is 7.79. The Hall–Kier alpha value is -2.09. The SMILES string of the molecule is CCNC(=O)N1CCC(NC(=O)COCc2ccnn2C)C1. The van der Waals surface area contributed by atoms with Gasteiger partial charge in [0.1, 0.15) is 6.61 Å². The van der Waals surface area contributed by atoms with Crippen molar-refractivity contribution in [1.29, 1.82) is 0 Å². The van der Waals surface area contributed by atoms with Crippen molar-refractivity contribution in [3.05, 3.63) is 18.0 Å². The van der Waals surface area contributed by atoms with Gasteiger partial charge in [-0.25, -0.2) is 4.79 Å². The van der Waals surface area contributed by atoms with Crippen molar-refractivity contribution in [3.8, 4) is 0 Å². The third-order valence-electron chi connectivity index (χ3n) is 3.57. The van der Waals surface area contributed by atoms with Crippen LogP contribution in [0.4, 0.5) is 4.79 Å². The summed E-state index contributed by atoms with van der Waals surface area (Å²) in [5.74, 6) is -0.162. The van der Waals surface area contributed by atoms with Crippen molar-refractivity contribution in [3.63, 3.8) is 0 Å². The first kappa shape index (κ1) is 16.3. The minimum atomic E-state index is -0.162. The third-order valence-corrected chi connectivity index (χ3v) is 3.57. The van der Waals surface area contributed by atoms with Crippen molar-refractivity contribution < 1.29 is 14.3 Å². The maximum absolute atomic E-state index is 11.8. The molecule has 1 fully saturated rings. The van der Waals surface area contributed by atoms with Gasteiger partial charge >= 0.3 is 6.03 Å². The molecule has 1 aliphatic heterocycles. The Morgan fingerprint density at radius 3 is 3.00 bits per heavy atom. The molecule has 0 spiro atoms. The maximum Gasteiger partial charge on any atom is 0.317 e. The quantitative estimate of drug-likeness (QED) is 0.765. The number of likely N-dealkylation sites (tertiary alicyclic amines) is 1. The van der Waals surface area contributed by atoms with Gasteiger partial charge in [-0.1, -0.05) is 0 Å². The molecule has 1 atom stereocenters. The zero-order valence-electron chi connectivity index (χ0n) is 13.0. The maximum atomic E-state index is 11.8. The monoisotopic (exact) mass is 309 g/mol. The van der Waals surface area contributed by atoms with Crippen LogP contribution in [0, 0.1) is 0 Å². The summed E-state index contributed by atoms with van der Waals surface area (Å²) < 4.78 is 7.09. The first-order valence-corrected chi connectivity index (χ1v) is 7.47. The van der Waals surface area contributed by atoms with E-state index in [0.29, 0.717) is 26.2 Å².